The molecule has 0 spiro atoms. The minimum atomic E-state index is -0.0563. The summed E-state index contributed by atoms with van der Waals surface area (Å²) in [5.74, 6) is 0.596. The van der Waals surface area contributed by atoms with Gasteiger partial charge in [0.25, 0.3) is 0 Å². The molecule has 0 bridgehead atoms. The van der Waals surface area contributed by atoms with Crippen molar-refractivity contribution in [3.05, 3.63) is 23.8 Å². The first-order chi connectivity index (χ1) is 5.36. The van der Waals surface area contributed by atoms with Gasteiger partial charge in [-0.2, -0.15) is 0 Å². The second-order valence-corrected chi connectivity index (χ2v) is 2.06. The Bertz CT molecular complexity index is 227. The highest BCUT2D eigenvalue weighted by Crippen LogP contribution is 1.95. The summed E-state index contributed by atoms with van der Waals surface area (Å²) in [6.07, 6.45) is 1.60. The maximum Gasteiger partial charge on any atom is 0.154 e. The number of rotatable bonds is 3. The Morgan fingerprint density at radius 3 is 3.09 bits per heavy atom. The monoisotopic (exact) mass is 154 g/mol. The lowest BCUT2D eigenvalue weighted by Crippen LogP contribution is -1.99. The molecular weight excluding hydrogens is 144 g/mol. The lowest BCUT2D eigenvalue weighted by Gasteiger charge is -1.98. The summed E-state index contributed by atoms with van der Waals surface area (Å²) < 4.78 is 4.82. The van der Waals surface area contributed by atoms with Crippen LogP contribution in [0.4, 0.5) is 0 Å². The van der Waals surface area contributed by atoms with Gasteiger partial charge < -0.3 is 9.84 Å². The van der Waals surface area contributed by atoms with Crippen LogP contribution in [0.15, 0.2) is 12.3 Å². The molecule has 0 saturated heterocycles. The third-order valence-corrected chi connectivity index (χ3v) is 1.20. The van der Waals surface area contributed by atoms with Crippen LogP contribution in [-0.2, 0) is 18.0 Å². The van der Waals surface area contributed by atoms with Crippen LogP contribution in [0.2, 0.25) is 0 Å². The number of hydrogen-bond donors (Lipinski definition) is 1. The molecule has 0 aromatic carbocycles. The summed E-state index contributed by atoms with van der Waals surface area (Å²) in [5.41, 5.74) is 0.618. The second-order valence-electron chi connectivity index (χ2n) is 2.06. The average Bonchev–Trinajstić information content (AvgIpc) is 2.06. The van der Waals surface area contributed by atoms with Gasteiger partial charge in [-0.05, 0) is 6.07 Å². The first-order valence-corrected chi connectivity index (χ1v) is 3.27. The Morgan fingerprint density at radius 1 is 1.64 bits per heavy atom. The summed E-state index contributed by atoms with van der Waals surface area (Å²) in [6.45, 7) is 0.326. The van der Waals surface area contributed by atoms with Crippen LogP contribution in [0.1, 0.15) is 11.5 Å². The van der Waals surface area contributed by atoms with E-state index in [9.17, 15) is 0 Å². The van der Waals surface area contributed by atoms with Crippen molar-refractivity contribution in [2.75, 3.05) is 7.11 Å². The number of aromatic nitrogens is 2. The Labute approximate surface area is 64.9 Å². The molecular formula is C7H10N2O2. The molecule has 0 atom stereocenters. The van der Waals surface area contributed by atoms with Crippen molar-refractivity contribution in [3.8, 4) is 0 Å². The molecule has 0 aliphatic rings. The minimum Gasteiger partial charge on any atom is -0.390 e. The van der Waals surface area contributed by atoms with E-state index in [0.29, 0.717) is 18.1 Å². The Balaban J connectivity index is 2.74. The van der Waals surface area contributed by atoms with Crippen LogP contribution in [0.3, 0.4) is 0 Å². The molecule has 11 heavy (non-hydrogen) atoms. The number of hydrogen-bond acceptors (Lipinski definition) is 4. The summed E-state index contributed by atoms with van der Waals surface area (Å²) in [6, 6.07) is 1.67. The normalized spacial score (nSPS) is 10.0. The minimum absolute atomic E-state index is 0.0563. The molecule has 1 aromatic rings. The van der Waals surface area contributed by atoms with Crippen LogP contribution in [0.5, 0.6) is 0 Å². The maximum absolute atomic E-state index is 8.70. The van der Waals surface area contributed by atoms with E-state index >= 15 is 0 Å². The Kier molecular flexibility index (Phi) is 2.95. The van der Waals surface area contributed by atoms with Crippen LogP contribution in [0.25, 0.3) is 0 Å². The SMILES string of the molecule is COCc1nccc(CO)n1. The second kappa shape index (κ2) is 4.00. The van der Waals surface area contributed by atoms with Crippen LogP contribution in [-0.4, -0.2) is 22.2 Å². The van der Waals surface area contributed by atoms with Crippen molar-refractivity contribution in [2.45, 2.75) is 13.2 Å². The highest BCUT2D eigenvalue weighted by Gasteiger charge is 1.95. The number of ether oxygens (including phenoxy) is 1. The van der Waals surface area contributed by atoms with Crippen molar-refractivity contribution >= 4 is 0 Å². The molecule has 0 saturated carbocycles. The van der Waals surface area contributed by atoms with E-state index in [1.165, 1.54) is 0 Å². The number of nitrogens with zero attached hydrogens (tertiary/aromatic N) is 2. The smallest absolute Gasteiger partial charge is 0.154 e. The number of aliphatic hydroxyl groups is 1. The van der Waals surface area contributed by atoms with Crippen LogP contribution < -0.4 is 0 Å². The molecule has 0 unspecified atom stereocenters. The summed E-state index contributed by atoms with van der Waals surface area (Å²) in [7, 11) is 1.58. The average molecular weight is 154 g/mol. The van der Waals surface area contributed by atoms with Gasteiger partial charge in [0.05, 0.1) is 12.3 Å². The molecule has 0 aliphatic heterocycles. The van der Waals surface area contributed by atoms with Crippen molar-refractivity contribution < 1.29 is 9.84 Å². The topological polar surface area (TPSA) is 55.2 Å². The number of aliphatic hydroxyl groups excluding tert-OH is 1. The first-order valence-electron chi connectivity index (χ1n) is 3.27. The number of methoxy groups -OCH3 is 1. The zero-order chi connectivity index (χ0) is 8.10. The highest BCUT2D eigenvalue weighted by atomic mass is 16.5. The van der Waals surface area contributed by atoms with E-state index in [-0.39, 0.29) is 6.61 Å². The van der Waals surface area contributed by atoms with E-state index in [4.69, 9.17) is 9.84 Å². The summed E-state index contributed by atoms with van der Waals surface area (Å²) in [4.78, 5) is 7.92. The molecule has 0 aliphatic carbocycles. The van der Waals surface area contributed by atoms with Gasteiger partial charge in [-0.1, -0.05) is 0 Å². The van der Waals surface area contributed by atoms with Crippen molar-refractivity contribution in [1.29, 1.82) is 0 Å². The van der Waals surface area contributed by atoms with E-state index < -0.39 is 0 Å². The molecule has 1 heterocycles. The van der Waals surface area contributed by atoms with Gasteiger partial charge >= 0.3 is 0 Å². The van der Waals surface area contributed by atoms with Crippen molar-refractivity contribution in [2.24, 2.45) is 0 Å². The third kappa shape index (κ3) is 2.25. The largest absolute Gasteiger partial charge is 0.390 e. The zero-order valence-corrected chi connectivity index (χ0v) is 6.32. The molecule has 0 amide bonds. The van der Waals surface area contributed by atoms with Gasteiger partial charge in [0.15, 0.2) is 5.82 Å². The lowest BCUT2D eigenvalue weighted by molar-refractivity contribution is 0.176. The fourth-order valence-electron chi connectivity index (χ4n) is 0.728. The highest BCUT2D eigenvalue weighted by molar-refractivity contribution is 5.00. The Morgan fingerprint density at radius 2 is 2.45 bits per heavy atom. The predicted octanol–water partition coefficient (Wildman–Crippen LogP) is 0.115. The maximum atomic E-state index is 8.70. The molecule has 0 fully saturated rings. The van der Waals surface area contributed by atoms with E-state index in [1.807, 2.05) is 0 Å². The fraction of sp³-hybridized carbons (Fsp3) is 0.429. The van der Waals surface area contributed by atoms with Gasteiger partial charge in [-0.15, -0.1) is 0 Å². The molecule has 0 radical (unpaired) electrons. The van der Waals surface area contributed by atoms with Crippen molar-refractivity contribution in [3.63, 3.8) is 0 Å². The first kappa shape index (κ1) is 8.10. The van der Waals surface area contributed by atoms with E-state index in [1.54, 1.807) is 19.4 Å². The molecule has 1 rings (SSSR count). The Hall–Kier alpha value is -1.00. The van der Waals surface area contributed by atoms with E-state index in [2.05, 4.69) is 9.97 Å². The quantitative estimate of drug-likeness (QED) is 0.671. The van der Waals surface area contributed by atoms with Gasteiger partial charge in [-0.25, -0.2) is 9.97 Å². The third-order valence-electron chi connectivity index (χ3n) is 1.20. The molecule has 4 nitrogen and oxygen atoms in total. The molecule has 4 heteroatoms. The summed E-state index contributed by atoms with van der Waals surface area (Å²) in [5, 5.41) is 8.70. The standard InChI is InChI=1S/C7H10N2O2/c1-11-5-7-8-3-2-6(4-10)9-7/h2-3,10H,4-5H2,1H3. The molecule has 1 N–H and O–H groups in total. The molecule has 1 aromatic heterocycles. The fourth-order valence-corrected chi connectivity index (χ4v) is 0.728. The van der Waals surface area contributed by atoms with Gasteiger partial charge in [0.1, 0.15) is 6.61 Å². The lowest BCUT2D eigenvalue weighted by atomic mass is 10.4. The van der Waals surface area contributed by atoms with Gasteiger partial charge in [0, 0.05) is 13.3 Å². The predicted molar refractivity (Wildman–Crippen MR) is 38.7 cm³/mol. The van der Waals surface area contributed by atoms with Gasteiger partial charge in [-0.3, -0.25) is 0 Å². The van der Waals surface area contributed by atoms with Gasteiger partial charge in [0.2, 0.25) is 0 Å². The van der Waals surface area contributed by atoms with Crippen LogP contribution >= 0.6 is 0 Å². The van der Waals surface area contributed by atoms with Crippen molar-refractivity contribution in [1.82, 2.24) is 9.97 Å². The zero-order valence-electron chi connectivity index (χ0n) is 6.32. The van der Waals surface area contributed by atoms with E-state index in [0.717, 1.165) is 0 Å². The van der Waals surface area contributed by atoms with Crippen LogP contribution in [0, 0.1) is 0 Å². The molecule has 60 valence electrons. The summed E-state index contributed by atoms with van der Waals surface area (Å²) >= 11 is 0.